The van der Waals surface area contributed by atoms with Gasteiger partial charge in [-0.25, -0.2) is 34.9 Å². The minimum atomic E-state index is -1.74. The Hall–Kier alpha value is -6.27. The van der Waals surface area contributed by atoms with E-state index in [4.69, 9.17) is 48.3 Å². The summed E-state index contributed by atoms with van der Waals surface area (Å²) in [5.74, 6) is 1.35. The standard InChI is InChI=1S/C30H20N14O2S2/c1-3-20(40-39-8-1)29(21-4-15-46-41-21)28(26-37-13-16-45-26,22-19-31-9-10-32-22)30(25-35-11-12-36-25,24-33-6-2-7-34-24)43(23-5-17-48-42-23)44(29)27-38-14-18-47-27/h1-19H,(H,35,36). The van der Waals surface area contributed by atoms with E-state index in [0.29, 0.717) is 33.9 Å². The fourth-order valence-electron chi connectivity index (χ4n) is 6.93. The molecule has 1 fully saturated rings. The average molecular weight is 673 g/mol. The second-order valence-electron chi connectivity index (χ2n) is 10.4. The molecule has 0 aliphatic carbocycles. The van der Waals surface area contributed by atoms with Crippen LogP contribution in [-0.4, -0.2) is 59.6 Å². The summed E-state index contributed by atoms with van der Waals surface area (Å²) in [5, 5.41) is 22.0. The Balaban J connectivity index is 1.65. The first kappa shape index (κ1) is 28.0. The van der Waals surface area contributed by atoms with Crippen molar-refractivity contribution >= 4 is 33.8 Å². The molecule has 1 aliphatic rings. The molecule has 0 spiro atoms. The van der Waals surface area contributed by atoms with Gasteiger partial charge in [-0.2, -0.15) is 14.6 Å². The summed E-state index contributed by atoms with van der Waals surface area (Å²) in [7, 11) is 0. The predicted octanol–water partition coefficient (Wildman–Crippen LogP) is 3.78. The molecule has 3 unspecified atom stereocenters. The number of imidazole rings is 1. The van der Waals surface area contributed by atoms with Crippen LogP contribution in [0.1, 0.15) is 34.6 Å². The third-order valence-electron chi connectivity index (χ3n) is 8.34. The van der Waals surface area contributed by atoms with E-state index in [-0.39, 0.29) is 11.7 Å². The molecule has 3 atom stereocenters. The molecule has 0 aromatic carbocycles. The maximum Gasteiger partial charge on any atom is 0.213 e. The Kier molecular flexibility index (Phi) is 6.37. The lowest BCUT2D eigenvalue weighted by molar-refractivity contribution is 0.190. The molecular weight excluding hydrogens is 653 g/mol. The first-order valence-electron chi connectivity index (χ1n) is 14.4. The monoisotopic (exact) mass is 672 g/mol. The van der Waals surface area contributed by atoms with Crippen LogP contribution in [0.15, 0.2) is 125 Å². The second kappa shape index (κ2) is 10.9. The molecule has 1 saturated heterocycles. The Morgan fingerprint density at radius 3 is 2.35 bits per heavy atom. The van der Waals surface area contributed by atoms with Crippen molar-refractivity contribution in [2.75, 3.05) is 10.0 Å². The van der Waals surface area contributed by atoms with E-state index in [1.807, 2.05) is 32.9 Å². The van der Waals surface area contributed by atoms with E-state index in [1.165, 1.54) is 35.4 Å². The van der Waals surface area contributed by atoms with Gasteiger partial charge in [-0.3, -0.25) is 9.97 Å². The first-order valence-corrected chi connectivity index (χ1v) is 16.1. The third-order valence-corrected chi connectivity index (χ3v) is 9.64. The molecule has 9 rings (SSSR count). The van der Waals surface area contributed by atoms with Gasteiger partial charge < -0.3 is 13.9 Å². The molecule has 8 aromatic rings. The number of hydrazine groups is 1. The smallest absolute Gasteiger partial charge is 0.213 e. The summed E-state index contributed by atoms with van der Waals surface area (Å²) in [4.78, 5) is 37.7. The molecule has 234 valence electrons. The van der Waals surface area contributed by atoms with Gasteiger partial charge in [0, 0.05) is 72.6 Å². The molecule has 48 heavy (non-hydrogen) atoms. The fraction of sp³-hybridized carbons (Fsp3) is 0.100. The highest BCUT2D eigenvalue weighted by Crippen LogP contribution is 2.70. The second-order valence-corrected chi connectivity index (χ2v) is 11.9. The van der Waals surface area contributed by atoms with Crippen LogP contribution in [0.2, 0.25) is 0 Å². The lowest BCUT2D eigenvalue weighted by Crippen LogP contribution is -2.63. The molecule has 1 N–H and O–H groups in total. The van der Waals surface area contributed by atoms with Gasteiger partial charge in [-0.15, -0.1) is 11.3 Å². The van der Waals surface area contributed by atoms with Crippen molar-refractivity contribution in [3.05, 3.63) is 150 Å². The van der Waals surface area contributed by atoms with Gasteiger partial charge in [0.15, 0.2) is 22.6 Å². The average Bonchev–Trinajstić information content (AvgIpc) is 4.00. The van der Waals surface area contributed by atoms with Crippen molar-refractivity contribution < 1.29 is 8.94 Å². The molecule has 0 amide bonds. The van der Waals surface area contributed by atoms with Crippen LogP contribution in [0.5, 0.6) is 0 Å². The Labute approximate surface area is 278 Å². The highest BCUT2D eigenvalue weighted by Gasteiger charge is 2.86. The Morgan fingerprint density at radius 2 is 1.69 bits per heavy atom. The van der Waals surface area contributed by atoms with Gasteiger partial charge in [0.05, 0.1) is 17.6 Å². The van der Waals surface area contributed by atoms with E-state index in [2.05, 4.69) is 20.2 Å². The summed E-state index contributed by atoms with van der Waals surface area (Å²) < 4.78 is 17.1. The molecule has 0 saturated carbocycles. The van der Waals surface area contributed by atoms with Gasteiger partial charge >= 0.3 is 0 Å². The van der Waals surface area contributed by atoms with Crippen LogP contribution in [0, 0.1) is 0 Å². The summed E-state index contributed by atoms with van der Waals surface area (Å²) in [6.45, 7) is 0. The van der Waals surface area contributed by atoms with Crippen LogP contribution < -0.4 is 10.0 Å². The van der Waals surface area contributed by atoms with Crippen molar-refractivity contribution in [3.8, 4) is 0 Å². The maximum atomic E-state index is 6.49. The molecule has 8 aromatic heterocycles. The van der Waals surface area contributed by atoms with Gasteiger partial charge in [0.2, 0.25) is 16.6 Å². The summed E-state index contributed by atoms with van der Waals surface area (Å²) in [6, 6.07) is 9.02. The van der Waals surface area contributed by atoms with Crippen LogP contribution in [0.3, 0.4) is 0 Å². The molecule has 18 heteroatoms. The van der Waals surface area contributed by atoms with Crippen molar-refractivity contribution in [2.45, 2.75) is 16.5 Å². The molecule has 0 radical (unpaired) electrons. The fourth-order valence-corrected chi connectivity index (χ4v) is 8.10. The lowest BCUT2D eigenvalue weighted by Gasteiger charge is -2.46. The molecule has 0 bridgehead atoms. The van der Waals surface area contributed by atoms with Crippen LogP contribution in [0.4, 0.5) is 10.9 Å². The van der Waals surface area contributed by atoms with E-state index in [1.54, 1.807) is 80.2 Å². The maximum absolute atomic E-state index is 6.49. The number of rotatable bonds is 8. The summed E-state index contributed by atoms with van der Waals surface area (Å²) >= 11 is 2.66. The topological polar surface area (TPSA) is 190 Å². The van der Waals surface area contributed by atoms with E-state index < -0.39 is 16.5 Å². The Morgan fingerprint density at radius 1 is 0.729 bits per heavy atom. The third kappa shape index (κ3) is 3.49. The van der Waals surface area contributed by atoms with Crippen molar-refractivity contribution in [2.24, 2.45) is 0 Å². The van der Waals surface area contributed by atoms with Crippen LogP contribution in [-0.2, 0) is 16.5 Å². The van der Waals surface area contributed by atoms with Gasteiger partial charge in [-0.05, 0) is 35.8 Å². The number of hydrogen-bond donors (Lipinski definition) is 1. The molecule has 9 heterocycles. The van der Waals surface area contributed by atoms with Gasteiger partial charge in [0.1, 0.15) is 24.0 Å². The van der Waals surface area contributed by atoms with E-state index in [9.17, 15) is 0 Å². The number of oxazole rings is 1. The number of aromatic amines is 1. The zero-order valence-corrected chi connectivity index (χ0v) is 26.0. The van der Waals surface area contributed by atoms with Crippen molar-refractivity contribution in [1.29, 1.82) is 0 Å². The number of anilines is 2. The number of H-pyrrole nitrogens is 1. The number of nitrogens with one attached hydrogen (secondary N) is 1. The highest BCUT2D eigenvalue weighted by atomic mass is 32.1. The van der Waals surface area contributed by atoms with Gasteiger partial charge in [0.25, 0.3) is 0 Å². The largest absolute Gasteiger partial charge is 0.448 e. The quantitative estimate of drug-likeness (QED) is 0.245. The van der Waals surface area contributed by atoms with Crippen molar-refractivity contribution in [1.82, 2.24) is 59.6 Å². The van der Waals surface area contributed by atoms with E-state index >= 15 is 0 Å². The minimum Gasteiger partial charge on any atom is -0.448 e. The highest BCUT2D eigenvalue weighted by molar-refractivity contribution is 7.13. The van der Waals surface area contributed by atoms with Gasteiger partial charge in [-0.1, -0.05) is 5.16 Å². The number of hydrogen-bond acceptors (Lipinski definition) is 17. The predicted molar refractivity (Wildman–Crippen MR) is 169 cm³/mol. The lowest BCUT2D eigenvalue weighted by atomic mass is 9.54. The molecular formula is C30H20N14O2S2. The number of aromatic nitrogens is 12. The van der Waals surface area contributed by atoms with Crippen LogP contribution in [0.25, 0.3) is 0 Å². The number of thiazole rings is 1. The summed E-state index contributed by atoms with van der Waals surface area (Å²) in [6.07, 6.45) is 19.4. The molecule has 16 nitrogen and oxygen atoms in total. The number of nitrogens with zero attached hydrogens (tertiary/aromatic N) is 13. The normalized spacial score (nSPS) is 22.3. The minimum absolute atomic E-state index is 0.180. The SMILES string of the molecule is c1cnc(C2(c3ncc[nH]3)N(c3ccsn3)N(c3nccs3)C(c3cccnn3)(c3ccon3)C2(c2cnccn2)c2ncco2)nc1. The Bertz CT molecular complexity index is 2080. The van der Waals surface area contributed by atoms with Crippen molar-refractivity contribution in [3.63, 3.8) is 0 Å². The molecule has 1 aliphatic heterocycles. The first-order chi connectivity index (χ1) is 23.8. The zero-order valence-electron chi connectivity index (χ0n) is 24.4. The van der Waals surface area contributed by atoms with E-state index in [0.717, 1.165) is 0 Å². The zero-order chi connectivity index (χ0) is 32.0. The summed E-state index contributed by atoms with van der Waals surface area (Å²) in [5.41, 5.74) is -3.92. The van der Waals surface area contributed by atoms with Crippen LogP contribution >= 0.6 is 22.9 Å².